The number of methoxy groups -OCH3 is 1. The fourth-order valence-corrected chi connectivity index (χ4v) is 1.70. The average molecular weight is 298 g/mol. The molecule has 8 heteroatoms. The maximum Gasteiger partial charge on any atom is 0.307 e. The summed E-state index contributed by atoms with van der Waals surface area (Å²) in [6.07, 6.45) is 0.0133. The van der Waals surface area contributed by atoms with Crippen LogP contribution in [0, 0.1) is 15.9 Å². The van der Waals surface area contributed by atoms with Crippen molar-refractivity contribution < 1.29 is 23.6 Å². The summed E-state index contributed by atoms with van der Waals surface area (Å²) >= 11 is 0. The SMILES string of the molecule is CCN(CCC(=O)OC)C(=O)c1ccc(F)c([N+](=O)[O-])c1. The van der Waals surface area contributed by atoms with E-state index in [0.29, 0.717) is 6.54 Å². The number of benzene rings is 1. The molecule has 0 unspecified atom stereocenters. The predicted octanol–water partition coefficient (Wildman–Crippen LogP) is 1.76. The molecule has 0 aliphatic heterocycles. The van der Waals surface area contributed by atoms with Gasteiger partial charge in [0, 0.05) is 24.7 Å². The minimum atomic E-state index is -1.01. The maximum absolute atomic E-state index is 13.2. The van der Waals surface area contributed by atoms with Gasteiger partial charge in [0.15, 0.2) is 0 Å². The molecule has 1 rings (SSSR count). The number of esters is 1. The van der Waals surface area contributed by atoms with Crippen molar-refractivity contribution in [2.45, 2.75) is 13.3 Å². The standard InChI is InChI=1S/C13H15FN2O5/c1-3-15(7-6-12(17)21-2)13(18)9-4-5-10(14)11(8-9)16(19)20/h4-5,8H,3,6-7H2,1-2H3. The molecular weight excluding hydrogens is 283 g/mol. The number of hydrogen-bond donors (Lipinski definition) is 0. The first-order chi connectivity index (χ1) is 9.90. The first-order valence-corrected chi connectivity index (χ1v) is 6.20. The van der Waals surface area contributed by atoms with Crippen molar-refractivity contribution in [3.8, 4) is 0 Å². The zero-order valence-electron chi connectivity index (χ0n) is 11.7. The van der Waals surface area contributed by atoms with Crippen molar-refractivity contribution in [1.82, 2.24) is 4.90 Å². The summed E-state index contributed by atoms with van der Waals surface area (Å²) in [6, 6.07) is 2.93. The molecule has 7 nitrogen and oxygen atoms in total. The average Bonchev–Trinajstić information content (AvgIpc) is 2.47. The van der Waals surface area contributed by atoms with Crippen LogP contribution in [0.15, 0.2) is 18.2 Å². The number of rotatable bonds is 6. The van der Waals surface area contributed by atoms with Crippen LogP contribution in [0.1, 0.15) is 23.7 Å². The van der Waals surface area contributed by atoms with E-state index in [9.17, 15) is 24.1 Å². The Kier molecular flexibility index (Phi) is 5.77. The van der Waals surface area contributed by atoms with Crippen LogP contribution in [0.3, 0.4) is 0 Å². The highest BCUT2D eigenvalue weighted by Gasteiger charge is 2.21. The van der Waals surface area contributed by atoms with Gasteiger partial charge < -0.3 is 9.64 Å². The molecule has 0 aliphatic carbocycles. The Balaban J connectivity index is 2.92. The summed E-state index contributed by atoms with van der Waals surface area (Å²) < 4.78 is 17.7. The van der Waals surface area contributed by atoms with E-state index in [1.54, 1.807) is 6.92 Å². The van der Waals surface area contributed by atoms with Gasteiger partial charge in [0.05, 0.1) is 18.5 Å². The van der Waals surface area contributed by atoms with Crippen LogP contribution < -0.4 is 0 Å². The first kappa shape index (κ1) is 16.5. The number of nitro groups is 1. The molecule has 0 N–H and O–H groups in total. The van der Waals surface area contributed by atoms with Crippen LogP contribution in [0.4, 0.5) is 10.1 Å². The lowest BCUT2D eigenvalue weighted by Crippen LogP contribution is -2.33. The normalized spacial score (nSPS) is 10.0. The van der Waals surface area contributed by atoms with Crippen LogP contribution >= 0.6 is 0 Å². The van der Waals surface area contributed by atoms with Crippen molar-refractivity contribution in [3.05, 3.63) is 39.7 Å². The topological polar surface area (TPSA) is 89.8 Å². The molecule has 0 saturated carbocycles. The Morgan fingerprint density at radius 1 is 1.43 bits per heavy atom. The summed E-state index contributed by atoms with van der Waals surface area (Å²) in [7, 11) is 1.24. The smallest absolute Gasteiger partial charge is 0.307 e. The molecule has 0 fully saturated rings. The monoisotopic (exact) mass is 298 g/mol. The fraction of sp³-hybridized carbons (Fsp3) is 0.385. The summed E-state index contributed by atoms with van der Waals surface area (Å²) in [4.78, 5) is 34.4. The molecule has 114 valence electrons. The van der Waals surface area contributed by atoms with E-state index in [1.165, 1.54) is 18.1 Å². The van der Waals surface area contributed by atoms with Crippen molar-refractivity contribution in [3.63, 3.8) is 0 Å². The lowest BCUT2D eigenvalue weighted by Gasteiger charge is -2.20. The number of carbonyl (C=O) groups excluding carboxylic acids is 2. The predicted molar refractivity (Wildman–Crippen MR) is 71.3 cm³/mol. The van der Waals surface area contributed by atoms with Crippen molar-refractivity contribution in [2.75, 3.05) is 20.2 Å². The first-order valence-electron chi connectivity index (χ1n) is 6.20. The summed E-state index contributed by atoms with van der Waals surface area (Å²) in [5.74, 6) is -1.98. The number of halogens is 1. The van der Waals surface area contributed by atoms with Gasteiger partial charge in [-0.2, -0.15) is 4.39 Å². The van der Waals surface area contributed by atoms with Gasteiger partial charge in [-0.25, -0.2) is 0 Å². The van der Waals surface area contributed by atoms with Crippen LogP contribution in [0.5, 0.6) is 0 Å². The molecule has 21 heavy (non-hydrogen) atoms. The molecule has 0 bridgehead atoms. The van der Waals surface area contributed by atoms with Crippen molar-refractivity contribution >= 4 is 17.6 Å². The molecule has 1 amide bonds. The Hall–Kier alpha value is -2.51. The molecule has 0 saturated heterocycles. The van der Waals surface area contributed by atoms with Crippen molar-refractivity contribution in [2.24, 2.45) is 0 Å². The van der Waals surface area contributed by atoms with Gasteiger partial charge in [-0.1, -0.05) is 0 Å². The zero-order valence-corrected chi connectivity index (χ0v) is 11.7. The van der Waals surface area contributed by atoms with Gasteiger partial charge in [0.1, 0.15) is 0 Å². The lowest BCUT2D eigenvalue weighted by molar-refractivity contribution is -0.387. The molecule has 1 aromatic carbocycles. The third-order valence-electron chi connectivity index (χ3n) is 2.87. The molecule has 0 spiro atoms. The quantitative estimate of drug-likeness (QED) is 0.453. The number of carbonyl (C=O) groups is 2. The van der Waals surface area contributed by atoms with E-state index in [4.69, 9.17) is 0 Å². The number of nitrogens with zero attached hydrogens (tertiary/aromatic N) is 2. The highest BCUT2D eigenvalue weighted by Crippen LogP contribution is 2.19. The van der Waals surface area contributed by atoms with Gasteiger partial charge in [-0.05, 0) is 19.1 Å². The van der Waals surface area contributed by atoms with E-state index in [0.717, 1.165) is 12.1 Å². The number of nitro benzene ring substituents is 1. The minimum Gasteiger partial charge on any atom is -0.469 e. The molecule has 0 atom stereocenters. The van der Waals surface area contributed by atoms with E-state index in [1.807, 2.05) is 0 Å². The lowest BCUT2D eigenvalue weighted by atomic mass is 10.1. The number of hydrogen-bond acceptors (Lipinski definition) is 5. The molecular formula is C13H15FN2O5. The van der Waals surface area contributed by atoms with Gasteiger partial charge in [0.25, 0.3) is 5.91 Å². The second-order valence-electron chi connectivity index (χ2n) is 4.13. The maximum atomic E-state index is 13.2. The van der Waals surface area contributed by atoms with Crippen LogP contribution in [0.2, 0.25) is 0 Å². The third-order valence-corrected chi connectivity index (χ3v) is 2.87. The van der Waals surface area contributed by atoms with Gasteiger partial charge in [-0.3, -0.25) is 19.7 Å². The minimum absolute atomic E-state index is 0.00480. The van der Waals surface area contributed by atoms with Gasteiger partial charge in [-0.15, -0.1) is 0 Å². The van der Waals surface area contributed by atoms with Gasteiger partial charge in [0.2, 0.25) is 5.82 Å². The second-order valence-corrected chi connectivity index (χ2v) is 4.13. The highest BCUT2D eigenvalue weighted by molar-refractivity contribution is 5.95. The number of amides is 1. The Morgan fingerprint density at radius 3 is 2.62 bits per heavy atom. The molecule has 1 aromatic rings. The highest BCUT2D eigenvalue weighted by atomic mass is 19.1. The van der Waals surface area contributed by atoms with E-state index in [2.05, 4.69) is 4.74 Å². The van der Waals surface area contributed by atoms with E-state index >= 15 is 0 Å². The largest absolute Gasteiger partial charge is 0.469 e. The second kappa shape index (κ2) is 7.32. The molecule has 0 aliphatic rings. The van der Waals surface area contributed by atoms with Crippen LogP contribution in [-0.2, 0) is 9.53 Å². The van der Waals surface area contributed by atoms with E-state index < -0.39 is 28.3 Å². The summed E-state index contributed by atoms with van der Waals surface area (Å²) in [5.41, 5.74) is -0.764. The van der Waals surface area contributed by atoms with Crippen LogP contribution in [-0.4, -0.2) is 41.9 Å². The molecule has 0 radical (unpaired) electrons. The van der Waals surface area contributed by atoms with Crippen molar-refractivity contribution in [1.29, 1.82) is 0 Å². The van der Waals surface area contributed by atoms with Crippen LogP contribution in [0.25, 0.3) is 0 Å². The zero-order chi connectivity index (χ0) is 16.0. The van der Waals surface area contributed by atoms with E-state index in [-0.39, 0.29) is 18.5 Å². The summed E-state index contributed by atoms with van der Waals surface area (Å²) in [5, 5.41) is 10.7. The third kappa shape index (κ3) is 4.23. The number of ether oxygens (including phenoxy) is 1. The Labute approximate surface area is 120 Å². The Morgan fingerprint density at radius 2 is 2.10 bits per heavy atom. The summed E-state index contributed by atoms with van der Waals surface area (Å²) in [6.45, 7) is 2.13. The van der Waals surface area contributed by atoms with Gasteiger partial charge >= 0.3 is 11.7 Å². The fourth-order valence-electron chi connectivity index (χ4n) is 1.70. The molecule has 0 heterocycles. The molecule has 0 aromatic heterocycles. The Bertz CT molecular complexity index is 561.